The van der Waals surface area contributed by atoms with Crippen LogP contribution in [0.15, 0.2) is 4.47 Å². The van der Waals surface area contributed by atoms with E-state index >= 15 is 0 Å². The van der Waals surface area contributed by atoms with Gasteiger partial charge < -0.3 is 0 Å². The molecule has 3 rings (SSSR count). The second-order valence-electron chi connectivity index (χ2n) is 6.34. The van der Waals surface area contributed by atoms with E-state index in [1.165, 1.54) is 29.4 Å². The molecule has 1 aromatic rings. The summed E-state index contributed by atoms with van der Waals surface area (Å²) in [6.07, 6.45) is 6.12. The maximum Gasteiger partial charge on any atom is 0.0766 e. The van der Waals surface area contributed by atoms with Gasteiger partial charge in [-0.1, -0.05) is 6.92 Å². The molecule has 2 fully saturated rings. The molecule has 2 aliphatic rings. The van der Waals surface area contributed by atoms with Crippen LogP contribution in [0.1, 0.15) is 44.5 Å². The number of hydrazine groups is 1. The molecule has 0 aromatic carbocycles. The second kappa shape index (κ2) is 5.78. The number of hydrogen-bond donors (Lipinski definition) is 2. The van der Waals surface area contributed by atoms with Crippen LogP contribution < -0.4 is 11.3 Å². The fraction of sp³-hybridized carbons (Fsp3) is 0.800. The molecular weight excluding hydrogens is 316 g/mol. The number of nitrogens with one attached hydrogen (secondary N) is 1. The first-order valence-corrected chi connectivity index (χ1v) is 8.67. The maximum absolute atomic E-state index is 5.85. The van der Waals surface area contributed by atoms with Gasteiger partial charge in [0, 0.05) is 19.0 Å². The van der Waals surface area contributed by atoms with Gasteiger partial charge in [0.1, 0.15) is 0 Å². The Morgan fingerprint density at radius 3 is 2.60 bits per heavy atom. The molecule has 5 heteroatoms. The van der Waals surface area contributed by atoms with Crippen LogP contribution in [-0.2, 0) is 19.4 Å². The number of nitrogens with zero attached hydrogens (tertiary/aromatic N) is 2. The van der Waals surface area contributed by atoms with Gasteiger partial charge in [0.2, 0.25) is 0 Å². The SMILES string of the molecule is CCc1nn(CC)c(CC(NN)C2CC3CC3C2)c1Br. The number of rotatable bonds is 6. The third kappa shape index (κ3) is 2.55. The lowest BCUT2D eigenvalue weighted by Gasteiger charge is -2.24. The van der Waals surface area contributed by atoms with Crippen LogP contribution in [0.25, 0.3) is 0 Å². The molecule has 112 valence electrons. The Bertz CT molecular complexity index is 474. The first-order chi connectivity index (χ1) is 9.67. The van der Waals surface area contributed by atoms with Gasteiger partial charge in [0.05, 0.1) is 15.9 Å². The number of halogens is 1. The van der Waals surface area contributed by atoms with Crippen LogP contribution in [0, 0.1) is 17.8 Å². The Morgan fingerprint density at radius 2 is 2.05 bits per heavy atom. The molecule has 3 atom stereocenters. The number of hydrogen-bond acceptors (Lipinski definition) is 3. The highest BCUT2D eigenvalue weighted by atomic mass is 79.9. The summed E-state index contributed by atoms with van der Waals surface area (Å²) in [7, 11) is 0. The average Bonchev–Trinajstić information content (AvgIpc) is 2.94. The predicted octanol–water partition coefficient (Wildman–Crippen LogP) is 2.65. The number of fused-ring (bicyclic) bond motifs is 1. The number of aromatic nitrogens is 2. The monoisotopic (exact) mass is 340 g/mol. The molecule has 0 bridgehead atoms. The minimum atomic E-state index is 0.380. The molecule has 2 aliphatic carbocycles. The maximum atomic E-state index is 5.85. The lowest BCUT2D eigenvalue weighted by Crippen LogP contribution is -2.42. The quantitative estimate of drug-likeness (QED) is 0.618. The van der Waals surface area contributed by atoms with Gasteiger partial charge in [0.25, 0.3) is 0 Å². The van der Waals surface area contributed by atoms with Crippen molar-refractivity contribution in [2.75, 3.05) is 0 Å². The molecule has 0 saturated heterocycles. The van der Waals surface area contributed by atoms with Gasteiger partial charge in [-0.15, -0.1) is 0 Å². The summed E-state index contributed by atoms with van der Waals surface area (Å²) in [6, 6.07) is 0.380. The Labute approximate surface area is 129 Å². The summed E-state index contributed by atoms with van der Waals surface area (Å²) in [5.41, 5.74) is 5.54. The van der Waals surface area contributed by atoms with Crippen molar-refractivity contribution in [3.63, 3.8) is 0 Å². The highest BCUT2D eigenvalue weighted by molar-refractivity contribution is 9.10. The fourth-order valence-corrected chi connectivity index (χ4v) is 4.60. The van der Waals surface area contributed by atoms with Gasteiger partial charge in [-0.3, -0.25) is 16.0 Å². The Hall–Kier alpha value is -0.390. The van der Waals surface area contributed by atoms with E-state index in [2.05, 4.69) is 45.0 Å². The van der Waals surface area contributed by atoms with Gasteiger partial charge in [-0.05, 0) is 66.3 Å². The molecule has 0 amide bonds. The Morgan fingerprint density at radius 1 is 1.35 bits per heavy atom. The highest BCUT2D eigenvalue weighted by Gasteiger charge is 2.47. The number of aryl methyl sites for hydroxylation is 2. The summed E-state index contributed by atoms with van der Waals surface area (Å²) in [4.78, 5) is 0. The van der Waals surface area contributed by atoms with Crippen molar-refractivity contribution in [3.05, 3.63) is 15.9 Å². The second-order valence-corrected chi connectivity index (χ2v) is 7.13. The van der Waals surface area contributed by atoms with E-state index in [-0.39, 0.29) is 0 Å². The summed E-state index contributed by atoms with van der Waals surface area (Å²) in [6.45, 7) is 5.22. The molecule has 0 aliphatic heterocycles. The molecule has 20 heavy (non-hydrogen) atoms. The fourth-order valence-electron chi connectivity index (χ4n) is 3.87. The third-order valence-corrected chi connectivity index (χ3v) is 6.09. The summed E-state index contributed by atoms with van der Waals surface area (Å²) < 4.78 is 3.31. The molecule has 0 spiro atoms. The minimum absolute atomic E-state index is 0.380. The van der Waals surface area contributed by atoms with Gasteiger partial charge in [-0.25, -0.2) is 0 Å². The largest absolute Gasteiger partial charge is 0.271 e. The van der Waals surface area contributed by atoms with Crippen molar-refractivity contribution >= 4 is 15.9 Å². The molecule has 3 unspecified atom stereocenters. The van der Waals surface area contributed by atoms with Crippen molar-refractivity contribution in [2.45, 2.75) is 58.5 Å². The van der Waals surface area contributed by atoms with E-state index in [9.17, 15) is 0 Å². The summed E-state index contributed by atoms with van der Waals surface area (Å²) in [5, 5.41) is 4.69. The van der Waals surface area contributed by atoms with Crippen LogP contribution in [0.3, 0.4) is 0 Å². The predicted molar refractivity (Wildman–Crippen MR) is 84.1 cm³/mol. The molecule has 1 heterocycles. The normalized spacial score (nSPS) is 29.5. The zero-order chi connectivity index (χ0) is 14.3. The van der Waals surface area contributed by atoms with Crippen molar-refractivity contribution in [3.8, 4) is 0 Å². The minimum Gasteiger partial charge on any atom is -0.271 e. The van der Waals surface area contributed by atoms with Gasteiger partial charge in [-0.2, -0.15) is 5.10 Å². The van der Waals surface area contributed by atoms with Crippen molar-refractivity contribution < 1.29 is 0 Å². The van der Waals surface area contributed by atoms with Crippen LogP contribution in [0.5, 0.6) is 0 Å². The lowest BCUT2D eigenvalue weighted by molar-refractivity contribution is 0.330. The van der Waals surface area contributed by atoms with E-state index in [1.807, 2.05) is 0 Å². The summed E-state index contributed by atoms with van der Waals surface area (Å²) in [5.74, 6) is 8.59. The van der Waals surface area contributed by atoms with Gasteiger partial charge >= 0.3 is 0 Å². The number of nitrogens with two attached hydrogens (primary N) is 1. The topological polar surface area (TPSA) is 55.9 Å². The molecular formula is C15H25BrN4. The van der Waals surface area contributed by atoms with Crippen LogP contribution in [0.2, 0.25) is 0 Å². The van der Waals surface area contributed by atoms with E-state index in [1.54, 1.807) is 0 Å². The first kappa shape index (κ1) is 14.5. The molecule has 0 radical (unpaired) electrons. The standard InChI is InChI=1S/C15H25BrN4/c1-3-12-15(16)14(20(4-2)19-12)8-13(18-17)11-6-9-5-10(9)7-11/h9-11,13,18H,3-8,17H2,1-2H3. The summed E-state index contributed by atoms with van der Waals surface area (Å²) >= 11 is 3.74. The molecule has 4 nitrogen and oxygen atoms in total. The van der Waals surface area contributed by atoms with Crippen molar-refractivity contribution in [2.24, 2.45) is 23.6 Å². The van der Waals surface area contributed by atoms with Crippen molar-refractivity contribution in [1.29, 1.82) is 0 Å². The molecule has 3 N–H and O–H groups in total. The van der Waals surface area contributed by atoms with E-state index < -0.39 is 0 Å². The molecule has 1 aromatic heterocycles. The Kier molecular flexibility index (Phi) is 4.20. The van der Waals surface area contributed by atoms with Crippen LogP contribution in [0.4, 0.5) is 0 Å². The average molecular weight is 341 g/mol. The van der Waals surface area contributed by atoms with Gasteiger partial charge in [0.15, 0.2) is 0 Å². The van der Waals surface area contributed by atoms with Crippen LogP contribution >= 0.6 is 15.9 Å². The van der Waals surface area contributed by atoms with E-state index in [4.69, 9.17) is 5.84 Å². The van der Waals surface area contributed by atoms with Crippen molar-refractivity contribution in [1.82, 2.24) is 15.2 Å². The van der Waals surface area contributed by atoms with Crippen LogP contribution in [-0.4, -0.2) is 15.8 Å². The molecule has 2 saturated carbocycles. The lowest BCUT2D eigenvalue weighted by atomic mass is 9.91. The zero-order valence-corrected chi connectivity index (χ0v) is 14.0. The third-order valence-electron chi connectivity index (χ3n) is 5.17. The first-order valence-electron chi connectivity index (χ1n) is 7.88. The van der Waals surface area contributed by atoms with E-state index in [0.717, 1.165) is 42.8 Å². The highest BCUT2D eigenvalue weighted by Crippen LogP contribution is 2.55. The Balaban J connectivity index is 1.76. The van der Waals surface area contributed by atoms with E-state index in [0.29, 0.717) is 6.04 Å². The smallest absolute Gasteiger partial charge is 0.0766 e. The zero-order valence-electron chi connectivity index (χ0n) is 12.4.